The van der Waals surface area contributed by atoms with Crippen molar-refractivity contribution in [2.24, 2.45) is 0 Å². The molecule has 4 nitrogen and oxygen atoms in total. The second kappa shape index (κ2) is 5.39. The van der Waals surface area contributed by atoms with Gasteiger partial charge in [-0.25, -0.2) is 14.2 Å². The molecule has 0 fully saturated rings. The van der Waals surface area contributed by atoms with E-state index < -0.39 is 23.5 Å². The number of carboxylic acid groups (broad SMARTS) is 1. The van der Waals surface area contributed by atoms with Gasteiger partial charge in [-0.05, 0) is 24.3 Å². The van der Waals surface area contributed by atoms with Crippen LogP contribution in [-0.2, 0) is 6.18 Å². The summed E-state index contributed by atoms with van der Waals surface area (Å²) in [6.45, 7) is 0. The molecular weight excluding hydrogens is 294 g/mol. The summed E-state index contributed by atoms with van der Waals surface area (Å²) in [6, 6.07) is 4.50. The van der Waals surface area contributed by atoms with Gasteiger partial charge in [-0.1, -0.05) is 0 Å². The van der Waals surface area contributed by atoms with Gasteiger partial charge in [0.2, 0.25) is 5.88 Å². The molecule has 110 valence electrons. The molecule has 0 aliphatic heterocycles. The van der Waals surface area contributed by atoms with E-state index >= 15 is 0 Å². The molecule has 0 aliphatic rings. The third-order valence-electron chi connectivity index (χ3n) is 2.45. The zero-order chi connectivity index (χ0) is 15.6. The van der Waals surface area contributed by atoms with Crippen molar-refractivity contribution in [2.45, 2.75) is 6.18 Å². The first-order valence-corrected chi connectivity index (χ1v) is 5.51. The monoisotopic (exact) mass is 301 g/mol. The molecule has 21 heavy (non-hydrogen) atoms. The highest BCUT2D eigenvalue weighted by atomic mass is 19.4. The lowest BCUT2D eigenvalue weighted by atomic mass is 10.2. The van der Waals surface area contributed by atoms with Gasteiger partial charge in [-0.3, -0.25) is 0 Å². The van der Waals surface area contributed by atoms with E-state index in [9.17, 15) is 22.4 Å². The summed E-state index contributed by atoms with van der Waals surface area (Å²) in [5.74, 6) is -2.99. The minimum absolute atomic E-state index is 0.0996. The van der Waals surface area contributed by atoms with Crippen molar-refractivity contribution in [3.63, 3.8) is 0 Å². The molecule has 0 atom stereocenters. The fourth-order valence-corrected chi connectivity index (χ4v) is 1.47. The lowest BCUT2D eigenvalue weighted by molar-refractivity contribution is -0.140. The van der Waals surface area contributed by atoms with Crippen molar-refractivity contribution in [3.05, 3.63) is 53.5 Å². The number of halogens is 4. The van der Waals surface area contributed by atoms with E-state index in [1.165, 1.54) is 12.1 Å². The van der Waals surface area contributed by atoms with Gasteiger partial charge in [0, 0.05) is 12.3 Å². The van der Waals surface area contributed by atoms with Crippen LogP contribution in [0.5, 0.6) is 11.6 Å². The fourth-order valence-electron chi connectivity index (χ4n) is 1.47. The van der Waals surface area contributed by atoms with Gasteiger partial charge in [0.1, 0.15) is 11.6 Å². The lowest BCUT2D eigenvalue weighted by Gasteiger charge is -2.10. The van der Waals surface area contributed by atoms with Crippen LogP contribution in [0.2, 0.25) is 0 Å². The van der Waals surface area contributed by atoms with Crippen molar-refractivity contribution < 1.29 is 32.2 Å². The van der Waals surface area contributed by atoms with E-state index in [0.717, 1.165) is 12.3 Å². The number of pyridine rings is 1. The Morgan fingerprint density at radius 1 is 1.19 bits per heavy atom. The summed E-state index contributed by atoms with van der Waals surface area (Å²) in [6.07, 6.45) is -3.85. The predicted molar refractivity (Wildman–Crippen MR) is 62.7 cm³/mol. The van der Waals surface area contributed by atoms with Crippen LogP contribution in [0.3, 0.4) is 0 Å². The molecule has 0 aliphatic carbocycles. The average molecular weight is 301 g/mol. The zero-order valence-electron chi connectivity index (χ0n) is 10.2. The molecule has 1 heterocycles. The third kappa shape index (κ3) is 3.47. The van der Waals surface area contributed by atoms with Crippen LogP contribution in [0.1, 0.15) is 15.9 Å². The highest BCUT2D eigenvalue weighted by Crippen LogP contribution is 2.34. The number of ether oxygens (including phenoxy) is 1. The average Bonchev–Trinajstić information content (AvgIpc) is 2.40. The first-order chi connectivity index (χ1) is 9.77. The SMILES string of the molecule is O=C(O)c1ccc(Oc2ccc(F)c(C(F)(F)F)c2)nc1. The van der Waals surface area contributed by atoms with Crippen LogP contribution < -0.4 is 4.74 Å². The van der Waals surface area contributed by atoms with Crippen LogP contribution in [0.15, 0.2) is 36.5 Å². The minimum Gasteiger partial charge on any atom is -0.478 e. The van der Waals surface area contributed by atoms with Crippen molar-refractivity contribution in [2.75, 3.05) is 0 Å². The number of rotatable bonds is 3. The van der Waals surface area contributed by atoms with Crippen LogP contribution >= 0.6 is 0 Å². The van der Waals surface area contributed by atoms with Crippen LogP contribution in [0, 0.1) is 5.82 Å². The predicted octanol–water partition coefficient (Wildman–Crippen LogP) is 3.73. The summed E-state index contributed by atoms with van der Waals surface area (Å²) >= 11 is 0. The number of nitrogens with zero attached hydrogens (tertiary/aromatic N) is 1. The number of aromatic carboxylic acids is 1. The Hall–Kier alpha value is -2.64. The largest absolute Gasteiger partial charge is 0.478 e. The third-order valence-corrected chi connectivity index (χ3v) is 2.45. The van der Waals surface area contributed by atoms with Crippen LogP contribution in [0.25, 0.3) is 0 Å². The highest BCUT2D eigenvalue weighted by molar-refractivity contribution is 5.87. The molecule has 1 aromatic carbocycles. The van der Waals surface area contributed by atoms with E-state index in [1.54, 1.807) is 0 Å². The van der Waals surface area contributed by atoms with E-state index in [-0.39, 0.29) is 17.2 Å². The van der Waals surface area contributed by atoms with Crippen LogP contribution in [-0.4, -0.2) is 16.1 Å². The molecule has 1 aromatic heterocycles. The summed E-state index contributed by atoms with van der Waals surface area (Å²) in [7, 11) is 0. The van der Waals surface area contributed by atoms with Gasteiger partial charge in [0.15, 0.2) is 0 Å². The smallest absolute Gasteiger partial charge is 0.419 e. The standard InChI is InChI=1S/C13H7F4NO3/c14-10-3-2-8(5-9(10)13(15,16)17)21-11-4-1-7(6-18-11)12(19)20/h1-6H,(H,19,20). The molecular formula is C13H7F4NO3. The number of hydrogen-bond acceptors (Lipinski definition) is 3. The number of carboxylic acids is 1. The van der Waals surface area contributed by atoms with Gasteiger partial charge >= 0.3 is 12.1 Å². The minimum atomic E-state index is -4.84. The Balaban J connectivity index is 2.26. The van der Waals surface area contributed by atoms with E-state index in [2.05, 4.69) is 4.98 Å². The maximum absolute atomic E-state index is 13.1. The van der Waals surface area contributed by atoms with Gasteiger partial charge in [0.05, 0.1) is 11.1 Å². The Morgan fingerprint density at radius 3 is 2.43 bits per heavy atom. The normalized spacial score (nSPS) is 11.2. The Kier molecular flexibility index (Phi) is 3.79. The summed E-state index contributed by atoms with van der Waals surface area (Å²) in [5.41, 5.74) is -1.56. The van der Waals surface area contributed by atoms with Crippen LogP contribution in [0.4, 0.5) is 17.6 Å². The first kappa shape index (κ1) is 14.8. The van der Waals surface area contributed by atoms with E-state index in [4.69, 9.17) is 9.84 Å². The van der Waals surface area contributed by atoms with Gasteiger partial charge in [-0.2, -0.15) is 13.2 Å². The summed E-state index contributed by atoms with van der Waals surface area (Å²) in [5, 5.41) is 8.67. The van der Waals surface area contributed by atoms with Crippen molar-refractivity contribution in [1.82, 2.24) is 4.98 Å². The molecule has 2 aromatic rings. The number of alkyl halides is 3. The Morgan fingerprint density at radius 2 is 1.90 bits per heavy atom. The summed E-state index contributed by atoms with van der Waals surface area (Å²) < 4.78 is 55.7. The van der Waals surface area contributed by atoms with Crippen molar-refractivity contribution >= 4 is 5.97 Å². The second-order valence-corrected chi connectivity index (χ2v) is 3.93. The topological polar surface area (TPSA) is 59.4 Å². The van der Waals surface area contributed by atoms with Gasteiger partial charge < -0.3 is 9.84 Å². The highest BCUT2D eigenvalue weighted by Gasteiger charge is 2.34. The van der Waals surface area contributed by atoms with Crippen molar-refractivity contribution in [3.8, 4) is 11.6 Å². The Labute approximate surface area is 115 Å². The number of aromatic nitrogens is 1. The van der Waals surface area contributed by atoms with Gasteiger partial charge in [0.25, 0.3) is 0 Å². The zero-order valence-corrected chi connectivity index (χ0v) is 10.2. The number of hydrogen-bond donors (Lipinski definition) is 1. The molecule has 0 amide bonds. The molecule has 8 heteroatoms. The first-order valence-electron chi connectivity index (χ1n) is 5.51. The molecule has 0 unspecified atom stereocenters. The molecule has 0 saturated heterocycles. The fraction of sp³-hybridized carbons (Fsp3) is 0.0769. The molecule has 0 saturated carbocycles. The molecule has 0 bridgehead atoms. The molecule has 2 rings (SSSR count). The Bertz CT molecular complexity index is 668. The molecule has 0 radical (unpaired) electrons. The summed E-state index contributed by atoms with van der Waals surface area (Å²) in [4.78, 5) is 14.2. The number of benzene rings is 1. The maximum atomic E-state index is 13.1. The number of carbonyl (C=O) groups is 1. The molecule has 1 N–H and O–H groups in total. The second-order valence-electron chi connectivity index (χ2n) is 3.93. The maximum Gasteiger partial charge on any atom is 0.419 e. The van der Waals surface area contributed by atoms with E-state index in [1.807, 2.05) is 0 Å². The molecule has 0 spiro atoms. The lowest BCUT2D eigenvalue weighted by Crippen LogP contribution is -2.08. The quantitative estimate of drug-likeness (QED) is 0.878. The van der Waals surface area contributed by atoms with Gasteiger partial charge in [-0.15, -0.1) is 0 Å². The van der Waals surface area contributed by atoms with Crippen molar-refractivity contribution in [1.29, 1.82) is 0 Å². The van der Waals surface area contributed by atoms with E-state index in [0.29, 0.717) is 12.1 Å².